The number of methoxy groups -OCH3 is 2. The molecule has 0 spiro atoms. The highest BCUT2D eigenvalue weighted by Crippen LogP contribution is 2.28. The van der Waals surface area contributed by atoms with E-state index in [9.17, 15) is 0 Å². The van der Waals surface area contributed by atoms with Crippen molar-refractivity contribution in [3.8, 4) is 11.5 Å². The number of nitrogens with zero attached hydrogens (tertiary/aromatic N) is 2. The first-order valence-electron chi connectivity index (χ1n) is 6.01. The number of ether oxygens (including phenoxy) is 2. The zero-order valence-electron chi connectivity index (χ0n) is 11.1. The summed E-state index contributed by atoms with van der Waals surface area (Å²) in [5.74, 6) is 1.35. The van der Waals surface area contributed by atoms with Gasteiger partial charge < -0.3 is 14.8 Å². The van der Waals surface area contributed by atoms with E-state index < -0.39 is 0 Å². The Balaban J connectivity index is 2.00. The van der Waals surface area contributed by atoms with Gasteiger partial charge in [0.05, 0.1) is 25.6 Å². The van der Waals surface area contributed by atoms with Crippen LogP contribution in [0.2, 0.25) is 0 Å². The quantitative estimate of drug-likeness (QED) is 0.857. The first-order valence-corrected chi connectivity index (χ1v) is 6.01. The molecule has 0 amide bonds. The van der Waals surface area contributed by atoms with E-state index in [1.165, 1.54) is 0 Å². The Morgan fingerprint density at radius 3 is 2.58 bits per heavy atom. The molecule has 1 N–H and O–H groups in total. The van der Waals surface area contributed by atoms with Crippen LogP contribution >= 0.6 is 0 Å². The Morgan fingerprint density at radius 1 is 1.00 bits per heavy atom. The highest BCUT2D eigenvalue weighted by Gasteiger charge is 2.10. The van der Waals surface area contributed by atoms with Gasteiger partial charge in [-0.05, 0) is 12.1 Å². The summed E-state index contributed by atoms with van der Waals surface area (Å²) in [7, 11) is 3.23. The number of nitrogens with one attached hydrogen (secondary N) is 1. The molecule has 2 heterocycles. The molecular formula is C14H17N3O2. The Morgan fingerprint density at radius 2 is 1.89 bits per heavy atom. The molecule has 100 valence electrons. The first-order chi connectivity index (χ1) is 9.35. The highest BCUT2D eigenvalue weighted by molar-refractivity contribution is 5.42. The van der Waals surface area contributed by atoms with E-state index in [-0.39, 0.29) is 0 Å². The molecule has 0 bridgehead atoms. The zero-order valence-corrected chi connectivity index (χ0v) is 11.1. The zero-order chi connectivity index (χ0) is 13.5. The van der Waals surface area contributed by atoms with Gasteiger partial charge >= 0.3 is 0 Å². The average Bonchev–Trinajstić information content (AvgIpc) is 2.48. The minimum Gasteiger partial charge on any atom is -0.493 e. The largest absolute Gasteiger partial charge is 0.493 e. The molecule has 0 aliphatic carbocycles. The summed E-state index contributed by atoms with van der Waals surface area (Å²) in [5.41, 5.74) is 1.81. The molecule has 0 saturated carbocycles. The summed E-state index contributed by atoms with van der Waals surface area (Å²) in [6, 6.07) is 7.62. The van der Waals surface area contributed by atoms with Gasteiger partial charge in [-0.2, -0.15) is 0 Å². The van der Waals surface area contributed by atoms with Gasteiger partial charge in [-0.15, -0.1) is 0 Å². The fraction of sp³-hybridized carbons (Fsp3) is 0.286. The molecule has 2 aromatic rings. The lowest BCUT2D eigenvalue weighted by molar-refractivity contribution is 0.348. The minimum atomic E-state index is 0.594. The van der Waals surface area contributed by atoms with Crippen LogP contribution in [0.1, 0.15) is 11.4 Å². The number of rotatable bonds is 6. The van der Waals surface area contributed by atoms with Crippen LogP contribution < -0.4 is 14.8 Å². The topological polar surface area (TPSA) is 56.3 Å². The molecule has 2 rings (SSSR count). The summed E-state index contributed by atoms with van der Waals surface area (Å²) >= 11 is 0. The molecule has 0 atom stereocenters. The van der Waals surface area contributed by atoms with Crippen LogP contribution in [0.25, 0.3) is 0 Å². The lowest BCUT2D eigenvalue weighted by atomic mass is 10.3. The maximum atomic E-state index is 5.33. The summed E-state index contributed by atoms with van der Waals surface area (Å²) in [5, 5.41) is 3.28. The van der Waals surface area contributed by atoms with Crippen LogP contribution in [0.5, 0.6) is 11.5 Å². The summed E-state index contributed by atoms with van der Waals surface area (Å²) in [6.07, 6.45) is 3.49. The van der Waals surface area contributed by atoms with Crippen LogP contribution in [0.3, 0.4) is 0 Å². The van der Waals surface area contributed by atoms with Crippen molar-refractivity contribution in [2.24, 2.45) is 0 Å². The van der Waals surface area contributed by atoms with Crippen molar-refractivity contribution in [3.05, 3.63) is 48.0 Å². The fourth-order valence-electron chi connectivity index (χ4n) is 1.79. The first kappa shape index (κ1) is 13.3. The van der Waals surface area contributed by atoms with Crippen LogP contribution in [0.4, 0.5) is 0 Å². The maximum Gasteiger partial charge on any atom is 0.183 e. The SMILES string of the molecule is COc1ccnc(CNCc2ccccn2)c1OC. The van der Waals surface area contributed by atoms with Crippen molar-refractivity contribution in [3.63, 3.8) is 0 Å². The van der Waals surface area contributed by atoms with Crippen LogP contribution in [0.15, 0.2) is 36.7 Å². The molecule has 5 heteroatoms. The van der Waals surface area contributed by atoms with Crippen molar-refractivity contribution in [2.75, 3.05) is 14.2 Å². The van der Waals surface area contributed by atoms with Gasteiger partial charge in [-0.3, -0.25) is 9.97 Å². The van der Waals surface area contributed by atoms with E-state index >= 15 is 0 Å². The number of aromatic nitrogens is 2. The van der Waals surface area contributed by atoms with Gasteiger partial charge in [0.1, 0.15) is 0 Å². The molecule has 19 heavy (non-hydrogen) atoms. The maximum absolute atomic E-state index is 5.33. The van der Waals surface area contributed by atoms with Crippen LogP contribution in [-0.2, 0) is 13.1 Å². The summed E-state index contributed by atoms with van der Waals surface area (Å²) in [4.78, 5) is 8.55. The van der Waals surface area contributed by atoms with Gasteiger partial charge in [-0.1, -0.05) is 6.07 Å². The van der Waals surface area contributed by atoms with E-state index in [0.29, 0.717) is 24.6 Å². The van der Waals surface area contributed by atoms with Gasteiger partial charge in [0.2, 0.25) is 0 Å². The molecule has 0 aliphatic heterocycles. The summed E-state index contributed by atoms with van der Waals surface area (Å²) < 4.78 is 10.6. The molecule has 0 aliphatic rings. The van der Waals surface area contributed by atoms with Gasteiger partial charge in [0.15, 0.2) is 11.5 Å². The van der Waals surface area contributed by atoms with Gasteiger partial charge in [0, 0.05) is 31.5 Å². The number of hydrogen-bond donors (Lipinski definition) is 1. The molecular weight excluding hydrogens is 242 g/mol. The second-order valence-electron chi connectivity index (χ2n) is 3.92. The predicted molar refractivity (Wildman–Crippen MR) is 72.1 cm³/mol. The Labute approximate surface area is 112 Å². The minimum absolute atomic E-state index is 0.594. The van der Waals surface area contributed by atoms with E-state index in [2.05, 4.69) is 15.3 Å². The fourth-order valence-corrected chi connectivity index (χ4v) is 1.79. The van der Waals surface area contributed by atoms with Gasteiger partial charge in [0.25, 0.3) is 0 Å². The third kappa shape index (κ3) is 3.42. The van der Waals surface area contributed by atoms with E-state index in [1.54, 1.807) is 32.7 Å². The van der Waals surface area contributed by atoms with E-state index in [4.69, 9.17) is 9.47 Å². The second kappa shape index (κ2) is 6.70. The van der Waals surface area contributed by atoms with E-state index in [1.807, 2.05) is 18.2 Å². The van der Waals surface area contributed by atoms with Crippen molar-refractivity contribution < 1.29 is 9.47 Å². The lowest BCUT2D eigenvalue weighted by Gasteiger charge is -2.11. The van der Waals surface area contributed by atoms with Gasteiger partial charge in [-0.25, -0.2) is 0 Å². The Bertz CT molecular complexity index is 517. The van der Waals surface area contributed by atoms with Crippen molar-refractivity contribution in [2.45, 2.75) is 13.1 Å². The molecule has 0 unspecified atom stereocenters. The van der Waals surface area contributed by atoms with Crippen LogP contribution in [-0.4, -0.2) is 24.2 Å². The third-order valence-corrected chi connectivity index (χ3v) is 2.69. The standard InChI is InChI=1S/C14H17N3O2/c1-18-13-6-8-17-12(14(13)19-2)10-15-9-11-5-3-4-7-16-11/h3-8,15H,9-10H2,1-2H3. The molecule has 5 nitrogen and oxygen atoms in total. The Kier molecular flexibility index (Phi) is 4.69. The molecule has 2 aromatic heterocycles. The van der Waals surface area contributed by atoms with Crippen molar-refractivity contribution in [1.29, 1.82) is 0 Å². The third-order valence-electron chi connectivity index (χ3n) is 2.69. The normalized spacial score (nSPS) is 10.2. The van der Waals surface area contributed by atoms with Crippen molar-refractivity contribution >= 4 is 0 Å². The number of pyridine rings is 2. The van der Waals surface area contributed by atoms with E-state index in [0.717, 1.165) is 11.4 Å². The molecule has 0 fully saturated rings. The molecule has 0 aromatic carbocycles. The predicted octanol–water partition coefficient (Wildman–Crippen LogP) is 1.78. The summed E-state index contributed by atoms with van der Waals surface area (Å²) in [6.45, 7) is 1.28. The molecule has 0 saturated heterocycles. The van der Waals surface area contributed by atoms with Crippen molar-refractivity contribution in [1.82, 2.24) is 15.3 Å². The second-order valence-corrected chi connectivity index (χ2v) is 3.92. The number of hydrogen-bond acceptors (Lipinski definition) is 5. The Hall–Kier alpha value is -2.14. The lowest BCUT2D eigenvalue weighted by Crippen LogP contribution is -2.15. The smallest absolute Gasteiger partial charge is 0.183 e. The van der Waals surface area contributed by atoms with Crippen LogP contribution in [0, 0.1) is 0 Å². The average molecular weight is 259 g/mol. The highest BCUT2D eigenvalue weighted by atomic mass is 16.5. The molecule has 0 radical (unpaired) electrons. The monoisotopic (exact) mass is 259 g/mol.